The Morgan fingerprint density at radius 3 is 1.42 bits per heavy atom. The van der Waals surface area contributed by atoms with Crippen LogP contribution in [0.25, 0.3) is 0 Å². The molecule has 6 unspecified atom stereocenters. The van der Waals surface area contributed by atoms with E-state index in [0.717, 1.165) is 32.1 Å². The van der Waals surface area contributed by atoms with Gasteiger partial charge in [-0.15, -0.1) is 0 Å². The maximum Gasteiger partial charge on any atom is 0.306 e. The van der Waals surface area contributed by atoms with Crippen LogP contribution in [0.1, 0.15) is 226 Å². The molecule has 1 fully saturated rings. The van der Waals surface area contributed by atoms with Crippen molar-refractivity contribution in [2.45, 2.75) is 263 Å². The average Bonchev–Trinajstić information content (AvgIpc) is 3.21. The Bertz CT molecular complexity index is 884. The van der Waals surface area contributed by atoms with Crippen molar-refractivity contribution < 1.29 is 44.2 Å². The molecule has 0 amide bonds. The third-order valence-electron chi connectivity index (χ3n) is 11.4. The summed E-state index contributed by atoms with van der Waals surface area (Å²) < 4.78 is 22.9. The number of carbonyl (C=O) groups excluding carboxylic acids is 1. The van der Waals surface area contributed by atoms with Gasteiger partial charge in [0.25, 0.3) is 0 Å². The zero-order valence-corrected chi connectivity index (χ0v) is 37.1. The van der Waals surface area contributed by atoms with Gasteiger partial charge < -0.3 is 39.4 Å². The Hall–Kier alpha value is -1.07. The van der Waals surface area contributed by atoms with Gasteiger partial charge in [0.2, 0.25) is 0 Å². The molecule has 57 heavy (non-hydrogen) atoms. The normalized spacial score (nSPS) is 20.4. The highest BCUT2D eigenvalue weighted by Crippen LogP contribution is 2.23. The van der Waals surface area contributed by atoms with Gasteiger partial charge in [-0.2, -0.15) is 0 Å². The maximum absolute atomic E-state index is 12.8. The Labute approximate surface area is 350 Å². The number of aliphatic hydroxyl groups is 4. The van der Waals surface area contributed by atoms with E-state index in [1.165, 1.54) is 173 Å². The van der Waals surface area contributed by atoms with Crippen molar-refractivity contribution in [1.29, 1.82) is 0 Å². The number of unbranched alkanes of at least 4 members (excludes halogenated alkanes) is 29. The highest BCUT2D eigenvalue weighted by Gasteiger charge is 2.44. The third-order valence-corrected chi connectivity index (χ3v) is 11.4. The van der Waals surface area contributed by atoms with E-state index in [1.807, 2.05) is 0 Å². The number of hydrogen-bond donors (Lipinski definition) is 4. The summed E-state index contributed by atoms with van der Waals surface area (Å²) in [5, 5.41) is 40.2. The van der Waals surface area contributed by atoms with E-state index < -0.39 is 43.4 Å². The van der Waals surface area contributed by atoms with Crippen LogP contribution in [0.4, 0.5) is 0 Å². The van der Waals surface area contributed by atoms with Crippen molar-refractivity contribution in [3.8, 4) is 0 Å². The minimum atomic E-state index is -1.53. The van der Waals surface area contributed by atoms with Crippen molar-refractivity contribution in [1.82, 2.24) is 0 Å². The molecule has 1 heterocycles. The summed E-state index contributed by atoms with van der Waals surface area (Å²) in [7, 11) is 0. The number of hydrogen-bond acceptors (Lipinski definition) is 9. The van der Waals surface area contributed by atoms with Crippen LogP contribution in [-0.2, 0) is 23.7 Å². The minimum absolute atomic E-state index is 0.108. The van der Waals surface area contributed by atoms with Crippen LogP contribution in [0, 0.1) is 0 Å². The number of ether oxygens (including phenoxy) is 4. The molecule has 0 aliphatic carbocycles. The second-order valence-electron chi connectivity index (χ2n) is 16.9. The highest BCUT2D eigenvalue weighted by molar-refractivity contribution is 5.69. The van der Waals surface area contributed by atoms with E-state index in [0.29, 0.717) is 13.0 Å². The van der Waals surface area contributed by atoms with Crippen LogP contribution in [0.5, 0.6) is 0 Å². The Morgan fingerprint density at radius 2 is 0.965 bits per heavy atom. The first-order chi connectivity index (χ1) is 27.9. The second-order valence-corrected chi connectivity index (χ2v) is 16.9. The quantitative estimate of drug-likeness (QED) is 0.0270. The Balaban J connectivity index is 2.22. The van der Waals surface area contributed by atoms with Gasteiger partial charge in [-0.1, -0.05) is 193 Å². The fourth-order valence-corrected chi connectivity index (χ4v) is 7.61. The van der Waals surface area contributed by atoms with Crippen LogP contribution < -0.4 is 0 Å². The molecule has 4 N–H and O–H groups in total. The minimum Gasteiger partial charge on any atom is -0.457 e. The lowest BCUT2D eigenvalue weighted by molar-refractivity contribution is -0.305. The number of carbonyl (C=O) groups is 1. The lowest BCUT2D eigenvalue weighted by atomic mass is 9.99. The Morgan fingerprint density at radius 1 is 0.544 bits per heavy atom. The van der Waals surface area contributed by atoms with Gasteiger partial charge in [-0.3, -0.25) is 4.79 Å². The first kappa shape index (κ1) is 53.9. The third kappa shape index (κ3) is 31.5. The zero-order valence-electron chi connectivity index (χ0n) is 37.1. The molecule has 6 atom stereocenters. The molecule has 1 saturated heterocycles. The van der Waals surface area contributed by atoms with Gasteiger partial charge in [0.1, 0.15) is 30.5 Å². The SMILES string of the molecule is CCCCCCCC/C=C\CCCCCCCCCCCC(=O)OC(COCCCCCCCCCCCCCCCCC)COC1OC(CO)C(O)C(O)C1O. The molecule has 0 spiro atoms. The maximum atomic E-state index is 12.8. The predicted octanol–water partition coefficient (Wildman–Crippen LogP) is 11.2. The number of allylic oxidation sites excluding steroid dienone is 2. The topological polar surface area (TPSA) is 135 Å². The summed E-state index contributed by atoms with van der Waals surface area (Å²) in [5.41, 5.74) is 0. The average molecular weight is 813 g/mol. The first-order valence-electron chi connectivity index (χ1n) is 24.3. The van der Waals surface area contributed by atoms with Gasteiger partial charge in [-0.25, -0.2) is 0 Å². The fourth-order valence-electron chi connectivity index (χ4n) is 7.61. The molecule has 1 rings (SSSR count). The Kier molecular flexibility index (Phi) is 38.2. The molecule has 0 aromatic carbocycles. The summed E-state index contributed by atoms with van der Waals surface area (Å²) in [6.07, 6.45) is 38.1. The van der Waals surface area contributed by atoms with Gasteiger partial charge in [-0.05, 0) is 38.5 Å². The molecule has 0 aromatic heterocycles. The van der Waals surface area contributed by atoms with Gasteiger partial charge in [0, 0.05) is 13.0 Å². The lowest BCUT2D eigenvalue weighted by Crippen LogP contribution is -2.59. The molecule has 0 saturated carbocycles. The van der Waals surface area contributed by atoms with Gasteiger partial charge in [0.15, 0.2) is 6.29 Å². The summed E-state index contributed by atoms with van der Waals surface area (Å²) in [6, 6.07) is 0. The van der Waals surface area contributed by atoms with E-state index in [9.17, 15) is 25.2 Å². The van der Waals surface area contributed by atoms with E-state index in [2.05, 4.69) is 26.0 Å². The fraction of sp³-hybridized carbons (Fsp3) is 0.938. The van der Waals surface area contributed by atoms with Crippen molar-refractivity contribution in [2.75, 3.05) is 26.4 Å². The first-order valence-corrected chi connectivity index (χ1v) is 24.3. The molecular formula is C48H92O9. The van der Waals surface area contributed by atoms with Crippen molar-refractivity contribution in [3.05, 3.63) is 12.2 Å². The van der Waals surface area contributed by atoms with E-state index in [1.54, 1.807) is 0 Å². The van der Waals surface area contributed by atoms with Gasteiger partial charge >= 0.3 is 5.97 Å². The molecule has 1 aliphatic rings. The molecule has 0 aromatic rings. The summed E-state index contributed by atoms with van der Waals surface area (Å²) in [6.45, 7) is 4.60. The molecule has 9 heteroatoms. The lowest BCUT2D eigenvalue weighted by Gasteiger charge is -2.39. The standard InChI is InChI=1S/C48H92O9/c1-3-5-7-9-11-13-15-17-19-20-21-22-23-25-27-29-31-33-35-37-44(50)56-42(41-55-48-47(53)46(52)45(51)43(39-49)57-48)40-54-38-36-34-32-30-28-26-24-18-16-14-12-10-8-6-4-2/h17,19,42-43,45-49,51-53H,3-16,18,20-41H2,1-2H3/b19-17-. The summed E-state index contributed by atoms with van der Waals surface area (Å²) in [4.78, 5) is 12.8. The molecule has 9 nitrogen and oxygen atoms in total. The van der Waals surface area contributed by atoms with Crippen molar-refractivity contribution >= 4 is 5.97 Å². The summed E-state index contributed by atoms with van der Waals surface area (Å²) >= 11 is 0. The van der Waals surface area contributed by atoms with Crippen LogP contribution in [0.3, 0.4) is 0 Å². The zero-order chi connectivity index (χ0) is 41.4. The molecule has 1 aliphatic heterocycles. The molecule has 0 bridgehead atoms. The van der Waals surface area contributed by atoms with Gasteiger partial charge in [0.05, 0.1) is 19.8 Å². The van der Waals surface area contributed by atoms with Crippen LogP contribution in [-0.4, -0.2) is 89.6 Å². The summed E-state index contributed by atoms with van der Waals surface area (Å²) in [5.74, 6) is -0.311. The number of aliphatic hydroxyl groups excluding tert-OH is 4. The van der Waals surface area contributed by atoms with Crippen LogP contribution in [0.2, 0.25) is 0 Å². The largest absolute Gasteiger partial charge is 0.457 e. The van der Waals surface area contributed by atoms with E-state index >= 15 is 0 Å². The molecular weight excluding hydrogens is 721 g/mol. The number of esters is 1. The number of rotatable bonds is 42. The van der Waals surface area contributed by atoms with E-state index in [-0.39, 0.29) is 19.2 Å². The predicted molar refractivity (Wildman–Crippen MR) is 233 cm³/mol. The van der Waals surface area contributed by atoms with Crippen molar-refractivity contribution in [2.24, 2.45) is 0 Å². The van der Waals surface area contributed by atoms with Crippen LogP contribution in [0.15, 0.2) is 12.2 Å². The molecule has 0 radical (unpaired) electrons. The second kappa shape index (κ2) is 40.3. The smallest absolute Gasteiger partial charge is 0.306 e. The van der Waals surface area contributed by atoms with Crippen molar-refractivity contribution in [3.63, 3.8) is 0 Å². The molecule has 338 valence electrons. The van der Waals surface area contributed by atoms with E-state index in [4.69, 9.17) is 18.9 Å². The van der Waals surface area contributed by atoms with Crippen LogP contribution >= 0.6 is 0 Å². The monoisotopic (exact) mass is 813 g/mol. The highest BCUT2D eigenvalue weighted by atomic mass is 16.7.